The fourth-order valence-corrected chi connectivity index (χ4v) is 5.08. The van der Waals surface area contributed by atoms with E-state index in [1.165, 1.54) is 24.9 Å². The quantitative estimate of drug-likeness (QED) is 0.692. The van der Waals surface area contributed by atoms with Crippen LogP contribution in [-0.4, -0.2) is 23.9 Å². The zero-order valence-corrected chi connectivity index (χ0v) is 10.8. The third kappa shape index (κ3) is 1.44. The lowest BCUT2D eigenvalue weighted by molar-refractivity contribution is 0.0888. The SMILES string of the molecule is CP1O[C@](C)(c2ccccc2)C2CCCN21. The lowest BCUT2D eigenvalue weighted by Gasteiger charge is -2.29. The molecule has 0 N–H and O–H groups in total. The first-order valence-corrected chi connectivity index (χ1v) is 7.63. The van der Waals surface area contributed by atoms with Crippen LogP contribution in [0.1, 0.15) is 25.3 Å². The highest BCUT2D eigenvalue weighted by Crippen LogP contribution is 2.60. The minimum Gasteiger partial charge on any atom is -0.331 e. The Balaban J connectivity index is 1.99. The molecule has 1 aromatic carbocycles. The van der Waals surface area contributed by atoms with Crippen LogP contribution in [0.5, 0.6) is 0 Å². The minimum absolute atomic E-state index is 0.0851. The molecule has 2 unspecified atom stereocenters. The Morgan fingerprint density at radius 3 is 2.88 bits per heavy atom. The molecular weight excluding hydrogens is 217 g/mol. The molecule has 0 aromatic heterocycles. The first kappa shape index (κ1) is 10.7. The normalized spacial score (nSPS) is 38.9. The topological polar surface area (TPSA) is 12.5 Å². The second kappa shape index (κ2) is 3.80. The number of benzene rings is 1. The molecule has 0 saturated carbocycles. The van der Waals surface area contributed by atoms with Gasteiger partial charge in [0.2, 0.25) is 0 Å². The molecule has 2 nitrogen and oxygen atoms in total. The Morgan fingerprint density at radius 2 is 2.12 bits per heavy atom. The molecule has 2 aliphatic rings. The van der Waals surface area contributed by atoms with E-state index in [4.69, 9.17) is 4.52 Å². The van der Waals surface area contributed by atoms with E-state index < -0.39 is 0 Å². The monoisotopic (exact) mass is 235 g/mol. The Bertz CT molecular complexity index is 383. The molecule has 16 heavy (non-hydrogen) atoms. The van der Waals surface area contributed by atoms with E-state index in [-0.39, 0.29) is 13.9 Å². The van der Waals surface area contributed by atoms with Crippen molar-refractivity contribution in [3.05, 3.63) is 35.9 Å². The molecule has 0 spiro atoms. The summed E-state index contributed by atoms with van der Waals surface area (Å²) in [4.78, 5) is 0. The van der Waals surface area contributed by atoms with Gasteiger partial charge in [-0.2, -0.15) is 0 Å². The molecule has 1 aromatic rings. The summed E-state index contributed by atoms with van der Waals surface area (Å²) in [5.74, 6) is 0. The molecule has 86 valence electrons. The van der Waals surface area contributed by atoms with E-state index in [1.807, 2.05) is 0 Å². The van der Waals surface area contributed by atoms with E-state index in [0.29, 0.717) is 6.04 Å². The average molecular weight is 235 g/mol. The summed E-state index contributed by atoms with van der Waals surface area (Å²) in [5, 5.41) is 0. The zero-order chi connectivity index (χ0) is 11.2. The van der Waals surface area contributed by atoms with Crippen LogP contribution in [0, 0.1) is 0 Å². The van der Waals surface area contributed by atoms with Crippen LogP contribution in [0.3, 0.4) is 0 Å². The number of hydrogen-bond acceptors (Lipinski definition) is 2. The summed E-state index contributed by atoms with van der Waals surface area (Å²) in [6, 6.07) is 11.3. The molecule has 2 aliphatic heterocycles. The van der Waals surface area contributed by atoms with Crippen molar-refractivity contribution in [3.8, 4) is 0 Å². The maximum absolute atomic E-state index is 6.29. The second-order valence-corrected chi connectivity index (χ2v) is 6.47. The highest BCUT2D eigenvalue weighted by Gasteiger charge is 2.51. The van der Waals surface area contributed by atoms with Crippen LogP contribution in [-0.2, 0) is 10.1 Å². The molecule has 0 aliphatic carbocycles. The summed E-state index contributed by atoms with van der Waals surface area (Å²) in [5.41, 5.74) is 1.25. The molecule has 3 rings (SSSR count). The van der Waals surface area contributed by atoms with Crippen molar-refractivity contribution in [1.29, 1.82) is 0 Å². The molecule has 2 heterocycles. The van der Waals surface area contributed by atoms with Gasteiger partial charge in [-0.05, 0) is 32.0 Å². The Hall–Kier alpha value is -0.430. The van der Waals surface area contributed by atoms with Crippen molar-refractivity contribution >= 4 is 8.30 Å². The summed E-state index contributed by atoms with van der Waals surface area (Å²) >= 11 is 0. The molecule has 0 radical (unpaired) electrons. The van der Waals surface area contributed by atoms with E-state index in [2.05, 4.69) is 48.6 Å². The lowest BCUT2D eigenvalue weighted by atomic mass is 9.87. The number of rotatable bonds is 1. The zero-order valence-electron chi connectivity index (χ0n) is 9.89. The van der Waals surface area contributed by atoms with E-state index >= 15 is 0 Å². The van der Waals surface area contributed by atoms with Gasteiger partial charge in [-0.3, -0.25) is 4.67 Å². The van der Waals surface area contributed by atoms with Crippen LogP contribution in [0.25, 0.3) is 0 Å². The first-order chi connectivity index (χ1) is 7.72. The van der Waals surface area contributed by atoms with Crippen molar-refractivity contribution in [2.75, 3.05) is 13.2 Å². The van der Waals surface area contributed by atoms with Gasteiger partial charge in [-0.25, -0.2) is 0 Å². The summed E-state index contributed by atoms with van der Waals surface area (Å²) in [7, 11) is -0.384. The molecule has 2 saturated heterocycles. The number of hydrogen-bond donors (Lipinski definition) is 0. The van der Waals surface area contributed by atoms with Crippen molar-refractivity contribution < 1.29 is 4.52 Å². The van der Waals surface area contributed by atoms with Gasteiger partial charge in [-0.1, -0.05) is 30.3 Å². The second-order valence-electron chi connectivity index (χ2n) is 4.85. The average Bonchev–Trinajstić information content (AvgIpc) is 2.86. The van der Waals surface area contributed by atoms with Crippen LogP contribution < -0.4 is 0 Å². The molecule has 3 heteroatoms. The van der Waals surface area contributed by atoms with Crippen molar-refractivity contribution in [1.82, 2.24) is 4.67 Å². The standard InChI is InChI=1S/C13H18NOP/c1-13(11-7-4-3-5-8-11)12-9-6-10-14(12)16(2)15-13/h3-5,7-8,12H,6,9-10H2,1-2H3/t12?,13-,16?/m1/s1. The van der Waals surface area contributed by atoms with Gasteiger partial charge in [0, 0.05) is 12.6 Å². The Kier molecular flexibility index (Phi) is 2.54. The predicted molar refractivity (Wildman–Crippen MR) is 67.5 cm³/mol. The molecular formula is C13H18NOP. The predicted octanol–water partition coefficient (Wildman–Crippen LogP) is 3.34. The fraction of sp³-hybridized carbons (Fsp3) is 0.538. The van der Waals surface area contributed by atoms with Crippen molar-refractivity contribution in [2.45, 2.75) is 31.4 Å². The van der Waals surface area contributed by atoms with Gasteiger partial charge in [0.05, 0.1) is 0 Å². The molecule has 0 amide bonds. The summed E-state index contributed by atoms with van der Waals surface area (Å²) in [6.45, 7) is 5.72. The van der Waals surface area contributed by atoms with Gasteiger partial charge in [-0.15, -0.1) is 0 Å². The summed E-state index contributed by atoms with van der Waals surface area (Å²) in [6.07, 6.45) is 2.60. The van der Waals surface area contributed by atoms with Crippen LogP contribution >= 0.6 is 8.30 Å². The van der Waals surface area contributed by atoms with Gasteiger partial charge >= 0.3 is 0 Å². The van der Waals surface area contributed by atoms with Gasteiger partial charge in [0.25, 0.3) is 0 Å². The van der Waals surface area contributed by atoms with Crippen LogP contribution in [0.2, 0.25) is 0 Å². The Labute approximate surface area is 98.5 Å². The van der Waals surface area contributed by atoms with Crippen LogP contribution in [0.4, 0.5) is 0 Å². The number of fused-ring (bicyclic) bond motifs is 1. The maximum Gasteiger partial charge on any atom is 0.112 e. The maximum atomic E-state index is 6.29. The number of nitrogens with zero attached hydrogens (tertiary/aromatic N) is 1. The molecule has 0 bridgehead atoms. The van der Waals surface area contributed by atoms with E-state index in [9.17, 15) is 0 Å². The fourth-order valence-electron chi connectivity index (χ4n) is 3.05. The lowest BCUT2D eigenvalue weighted by Crippen LogP contribution is -2.36. The van der Waals surface area contributed by atoms with Gasteiger partial charge in [0.1, 0.15) is 13.9 Å². The largest absolute Gasteiger partial charge is 0.331 e. The Morgan fingerprint density at radius 1 is 1.38 bits per heavy atom. The van der Waals surface area contributed by atoms with Crippen molar-refractivity contribution in [2.24, 2.45) is 0 Å². The minimum atomic E-state index is -0.384. The summed E-state index contributed by atoms with van der Waals surface area (Å²) < 4.78 is 8.86. The van der Waals surface area contributed by atoms with Crippen LogP contribution in [0.15, 0.2) is 30.3 Å². The van der Waals surface area contributed by atoms with Crippen molar-refractivity contribution in [3.63, 3.8) is 0 Å². The third-order valence-corrected chi connectivity index (χ3v) is 5.74. The molecule has 2 fully saturated rings. The first-order valence-electron chi connectivity index (χ1n) is 5.97. The highest BCUT2D eigenvalue weighted by atomic mass is 31.2. The van der Waals surface area contributed by atoms with Gasteiger partial charge in [0.15, 0.2) is 0 Å². The van der Waals surface area contributed by atoms with E-state index in [0.717, 1.165) is 0 Å². The molecule has 3 atom stereocenters. The smallest absolute Gasteiger partial charge is 0.112 e. The van der Waals surface area contributed by atoms with E-state index in [1.54, 1.807) is 0 Å². The highest BCUT2D eigenvalue weighted by molar-refractivity contribution is 7.49. The van der Waals surface area contributed by atoms with Gasteiger partial charge < -0.3 is 4.52 Å². The third-order valence-electron chi connectivity index (χ3n) is 3.89.